The summed E-state index contributed by atoms with van der Waals surface area (Å²) >= 11 is 0. The Morgan fingerprint density at radius 1 is 1.00 bits per heavy atom. The molecule has 12 heavy (non-hydrogen) atoms. The molecule has 0 aliphatic carbocycles. The molecule has 74 valence electrons. The molecule has 0 aromatic rings. The van der Waals surface area contributed by atoms with Crippen LogP contribution in [0.5, 0.6) is 0 Å². The Hall–Kier alpha value is -0.180. The third kappa shape index (κ3) is 3.48. The molecule has 0 aromatic heterocycles. The van der Waals surface area contributed by atoms with Gasteiger partial charge < -0.3 is 5.11 Å². The van der Waals surface area contributed by atoms with E-state index in [0.29, 0.717) is 0 Å². The largest absolute Gasteiger partial charge is 0.396 e. The Morgan fingerprint density at radius 2 is 1.50 bits per heavy atom. The highest BCUT2D eigenvalue weighted by molar-refractivity contribution is 8.64. The van der Waals surface area contributed by atoms with Gasteiger partial charge in [0.05, 0.1) is 5.75 Å². The quantitative estimate of drug-likeness (QED) is 0.347. The maximum Gasteiger partial charge on any atom is 0.372 e. The second-order valence-corrected chi connectivity index (χ2v) is 7.29. The van der Waals surface area contributed by atoms with Crippen molar-refractivity contribution in [2.45, 2.75) is 12.8 Å². The summed E-state index contributed by atoms with van der Waals surface area (Å²) in [5.41, 5.74) is 0. The fourth-order valence-electron chi connectivity index (χ4n) is 0.496. The molecule has 0 unspecified atom stereocenters. The summed E-state index contributed by atoms with van der Waals surface area (Å²) in [7, 11) is -9.45. The van der Waals surface area contributed by atoms with Gasteiger partial charge in [-0.25, -0.2) is 8.42 Å². The molecule has 0 heterocycles. The van der Waals surface area contributed by atoms with Crippen molar-refractivity contribution in [3.63, 3.8) is 0 Å². The molecule has 0 bridgehead atoms. The summed E-state index contributed by atoms with van der Waals surface area (Å²) in [6.45, 7) is -0.207. The molecule has 0 saturated carbocycles. The standard InChI is InChI=1S/C4H10O6S2/c5-3-1-2-4-11(6,7)12(8,9)10/h5H,1-4H2,(H,8,9,10). The lowest BCUT2D eigenvalue weighted by molar-refractivity contribution is 0.287. The van der Waals surface area contributed by atoms with Crippen LogP contribution in [-0.4, -0.2) is 38.9 Å². The minimum Gasteiger partial charge on any atom is -0.396 e. The number of hydrogen-bond donors (Lipinski definition) is 2. The first-order valence-corrected chi connectivity index (χ1v) is 6.73. The molecular formula is C4H10O6S2. The molecule has 2 N–H and O–H groups in total. The van der Waals surface area contributed by atoms with Crippen LogP contribution in [0.4, 0.5) is 0 Å². The van der Waals surface area contributed by atoms with E-state index in [9.17, 15) is 16.8 Å². The van der Waals surface area contributed by atoms with Crippen LogP contribution in [0.3, 0.4) is 0 Å². The van der Waals surface area contributed by atoms with Gasteiger partial charge in [0.2, 0.25) is 0 Å². The van der Waals surface area contributed by atoms with Gasteiger partial charge in [0, 0.05) is 6.61 Å². The molecular weight excluding hydrogens is 208 g/mol. The third-order valence-corrected chi connectivity index (χ3v) is 4.98. The van der Waals surface area contributed by atoms with E-state index < -0.39 is 23.8 Å². The Bertz CT molecular complexity index is 311. The van der Waals surface area contributed by atoms with Gasteiger partial charge in [-0.1, -0.05) is 0 Å². The van der Waals surface area contributed by atoms with E-state index in [-0.39, 0.29) is 19.4 Å². The number of unbranched alkanes of at least 4 members (excludes halogenated alkanes) is 1. The lowest BCUT2D eigenvalue weighted by atomic mass is 10.4. The predicted molar refractivity (Wildman–Crippen MR) is 41.7 cm³/mol. The summed E-state index contributed by atoms with van der Waals surface area (Å²) < 4.78 is 49.7. The van der Waals surface area contributed by atoms with E-state index in [1.54, 1.807) is 0 Å². The van der Waals surface area contributed by atoms with Crippen molar-refractivity contribution in [2.24, 2.45) is 0 Å². The van der Waals surface area contributed by atoms with Gasteiger partial charge in [0.25, 0.3) is 8.87 Å². The Morgan fingerprint density at radius 3 is 1.83 bits per heavy atom. The third-order valence-electron chi connectivity index (χ3n) is 1.12. The summed E-state index contributed by atoms with van der Waals surface area (Å²) in [6, 6.07) is 0. The zero-order chi connectivity index (χ0) is 9.83. The van der Waals surface area contributed by atoms with Crippen molar-refractivity contribution in [1.82, 2.24) is 0 Å². The molecule has 0 rings (SSSR count). The summed E-state index contributed by atoms with van der Waals surface area (Å²) in [6.07, 6.45) is 0.202. The molecule has 8 heteroatoms. The second kappa shape index (κ2) is 4.17. The molecule has 0 aliphatic heterocycles. The van der Waals surface area contributed by atoms with Crippen molar-refractivity contribution < 1.29 is 26.5 Å². The minimum absolute atomic E-state index is 0.0125. The van der Waals surface area contributed by atoms with Gasteiger partial charge in [-0.3, -0.25) is 4.55 Å². The fraction of sp³-hybridized carbons (Fsp3) is 1.00. The lowest BCUT2D eigenvalue weighted by Crippen LogP contribution is -2.17. The van der Waals surface area contributed by atoms with Gasteiger partial charge >= 0.3 is 9.15 Å². The van der Waals surface area contributed by atoms with E-state index in [1.165, 1.54) is 0 Å². The predicted octanol–water partition coefficient (Wildman–Crippen LogP) is -1.02. The van der Waals surface area contributed by atoms with Crippen molar-refractivity contribution in [3.8, 4) is 0 Å². The number of aliphatic hydroxyl groups excluding tert-OH is 1. The van der Waals surface area contributed by atoms with Crippen LogP contribution >= 0.6 is 0 Å². The fourth-order valence-corrected chi connectivity index (χ4v) is 2.25. The molecule has 0 amide bonds. The van der Waals surface area contributed by atoms with E-state index >= 15 is 0 Å². The van der Waals surface area contributed by atoms with Crippen molar-refractivity contribution in [3.05, 3.63) is 0 Å². The Kier molecular flexibility index (Phi) is 4.11. The summed E-state index contributed by atoms with van der Waals surface area (Å²) in [5.74, 6) is -0.660. The van der Waals surface area contributed by atoms with E-state index in [1.807, 2.05) is 0 Å². The first-order valence-electron chi connectivity index (χ1n) is 3.12. The molecule has 0 aliphatic rings. The van der Waals surface area contributed by atoms with Crippen LogP contribution in [0.2, 0.25) is 0 Å². The highest BCUT2D eigenvalue weighted by atomic mass is 33.2. The topological polar surface area (TPSA) is 109 Å². The van der Waals surface area contributed by atoms with Crippen LogP contribution in [-0.2, 0) is 18.0 Å². The highest BCUT2D eigenvalue weighted by Crippen LogP contribution is 2.03. The zero-order valence-electron chi connectivity index (χ0n) is 6.17. The van der Waals surface area contributed by atoms with Gasteiger partial charge in [0.15, 0.2) is 0 Å². The molecule has 0 aromatic carbocycles. The summed E-state index contributed by atoms with van der Waals surface area (Å²) in [4.78, 5) is 0. The zero-order valence-corrected chi connectivity index (χ0v) is 7.81. The molecule has 6 nitrogen and oxygen atoms in total. The first kappa shape index (κ1) is 11.8. The van der Waals surface area contributed by atoms with Crippen molar-refractivity contribution in [2.75, 3.05) is 12.4 Å². The van der Waals surface area contributed by atoms with E-state index in [4.69, 9.17) is 9.66 Å². The number of aliphatic hydroxyl groups is 1. The highest BCUT2D eigenvalue weighted by Gasteiger charge is 2.25. The van der Waals surface area contributed by atoms with Crippen molar-refractivity contribution in [1.29, 1.82) is 0 Å². The normalized spacial score (nSPS) is 13.2. The Labute approximate surface area is 70.3 Å². The SMILES string of the molecule is O=S(=O)(O)S(=O)(=O)CCCCO. The molecule has 0 fully saturated rings. The van der Waals surface area contributed by atoms with E-state index in [2.05, 4.69) is 0 Å². The first-order chi connectivity index (χ1) is 5.31. The second-order valence-electron chi connectivity index (χ2n) is 2.12. The lowest BCUT2D eigenvalue weighted by Gasteiger charge is -1.98. The molecule has 0 radical (unpaired) electrons. The maximum absolute atomic E-state index is 10.6. The monoisotopic (exact) mass is 218 g/mol. The minimum atomic E-state index is -4.99. The molecule has 0 atom stereocenters. The smallest absolute Gasteiger partial charge is 0.372 e. The van der Waals surface area contributed by atoms with Gasteiger partial charge in [-0.05, 0) is 12.8 Å². The van der Waals surface area contributed by atoms with Gasteiger partial charge in [-0.15, -0.1) is 0 Å². The van der Waals surface area contributed by atoms with Gasteiger partial charge in [0.1, 0.15) is 0 Å². The average molecular weight is 218 g/mol. The van der Waals surface area contributed by atoms with Gasteiger partial charge in [-0.2, -0.15) is 8.42 Å². The molecule has 0 spiro atoms. The molecule has 0 saturated heterocycles. The van der Waals surface area contributed by atoms with Crippen LogP contribution in [0.15, 0.2) is 0 Å². The van der Waals surface area contributed by atoms with Crippen molar-refractivity contribution >= 4 is 18.0 Å². The maximum atomic E-state index is 10.6. The van der Waals surface area contributed by atoms with Crippen LogP contribution in [0.1, 0.15) is 12.8 Å². The number of hydrogen-bond acceptors (Lipinski definition) is 5. The van der Waals surface area contributed by atoms with E-state index in [0.717, 1.165) is 0 Å². The average Bonchev–Trinajstić information content (AvgIpc) is 1.85. The Balaban J connectivity index is 4.28. The number of rotatable bonds is 5. The van der Waals surface area contributed by atoms with Crippen LogP contribution in [0.25, 0.3) is 0 Å². The van der Waals surface area contributed by atoms with Crippen LogP contribution in [0, 0.1) is 0 Å². The van der Waals surface area contributed by atoms with Crippen LogP contribution < -0.4 is 0 Å². The summed E-state index contributed by atoms with van der Waals surface area (Å²) in [5, 5.41) is 8.26.